The SMILES string of the molecule is CCOCCCNc1nc(C)cn1-c1cccc(F)c1C. The maximum atomic E-state index is 13.7. The van der Waals surface area contributed by atoms with Crippen molar-refractivity contribution in [2.75, 3.05) is 25.1 Å². The fourth-order valence-electron chi connectivity index (χ4n) is 2.18. The van der Waals surface area contributed by atoms with Crippen LogP contribution in [0.3, 0.4) is 0 Å². The number of anilines is 1. The lowest BCUT2D eigenvalue weighted by molar-refractivity contribution is 0.147. The van der Waals surface area contributed by atoms with Gasteiger partial charge in [-0.2, -0.15) is 0 Å². The number of aryl methyl sites for hydroxylation is 1. The number of benzene rings is 1. The van der Waals surface area contributed by atoms with Crippen LogP contribution in [0.4, 0.5) is 10.3 Å². The molecule has 0 spiro atoms. The first-order chi connectivity index (χ1) is 10.1. The van der Waals surface area contributed by atoms with Gasteiger partial charge in [-0.3, -0.25) is 4.57 Å². The van der Waals surface area contributed by atoms with Crippen molar-refractivity contribution in [3.8, 4) is 5.69 Å². The van der Waals surface area contributed by atoms with Gasteiger partial charge in [0.1, 0.15) is 5.82 Å². The minimum absolute atomic E-state index is 0.207. The summed E-state index contributed by atoms with van der Waals surface area (Å²) in [7, 11) is 0. The third-order valence-electron chi connectivity index (χ3n) is 3.28. The molecule has 1 heterocycles. The Balaban J connectivity index is 2.15. The number of aromatic nitrogens is 2. The van der Waals surface area contributed by atoms with Gasteiger partial charge in [-0.05, 0) is 39.3 Å². The van der Waals surface area contributed by atoms with Crippen molar-refractivity contribution < 1.29 is 9.13 Å². The van der Waals surface area contributed by atoms with Crippen molar-refractivity contribution in [3.63, 3.8) is 0 Å². The fraction of sp³-hybridized carbons (Fsp3) is 0.438. The molecule has 2 aromatic rings. The topological polar surface area (TPSA) is 39.1 Å². The molecule has 0 saturated carbocycles. The van der Waals surface area contributed by atoms with Crippen LogP contribution in [0.2, 0.25) is 0 Å². The molecule has 0 atom stereocenters. The van der Waals surface area contributed by atoms with E-state index < -0.39 is 0 Å². The largest absolute Gasteiger partial charge is 0.382 e. The van der Waals surface area contributed by atoms with Crippen LogP contribution in [0, 0.1) is 19.7 Å². The highest BCUT2D eigenvalue weighted by Crippen LogP contribution is 2.21. The zero-order chi connectivity index (χ0) is 15.2. The third kappa shape index (κ3) is 3.82. The Morgan fingerprint density at radius 2 is 2.14 bits per heavy atom. The van der Waals surface area contributed by atoms with Crippen LogP contribution < -0.4 is 5.32 Å². The van der Waals surface area contributed by atoms with Gasteiger partial charge in [0.2, 0.25) is 5.95 Å². The molecule has 5 heteroatoms. The summed E-state index contributed by atoms with van der Waals surface area (Å²) in [5, 5.41) is 3.29. The lowest BCUT2D eigenvalue weighted by atomic mass is 10.2. The number of nitrogens with one attached hydrogen (secondary N) is 1. The van der Waals surface area contributed by atoms with Crippen molar-refractivity contribution >= 4 is 5.95 Å². The summed E-state index contributed by atoms with van der Waals surface area (Å²) in [5.41, 5.74) is 2.32. The summed E-state index contributed by atoms with van der Waals surface area (Å²) in [4.78, 5) is 4.46. The number of nitrogens with zero attached hydrogens (tertiary/aromatic N) is 2. The zero-order valence-corrected chi connectivity index (χ0v) is 12.8. The minimum atomic E-state index is -0.207. The van der Waals surface area contributed by atoms with E-state index in [4.69, 9.17) is 4.74 Å². The summed E-state index contributed by atoms with van der Waals surface area (Å²) in [6, 6.07) is 5.08. The Kier molecular flexibility index (Phi) is 5.33. The molecule has 0 amide bonds. The molecule has 4 nitrogen and oxygen atoms in total. The van der Waals surface area contributed by atoms with E-state index in [1.165, 1.54) is 6.07 Å². The van der Waals surface area contributed by atoms with Crippen LogP contribution in [-0.4, -0.2) is 29.3 Å². The predicted molar refractivity (Wildman–Crippen MR) is 82.6 cm³/mol. The number of imidazole rings is 1. The van der Waals surface area contributed by atoms with E-state index in [0.717, 1.165) is 43.5 Å². The zero-order valence-electron chi connectivity index (χ0n) is 12.8. The fourth-order valence-corrected chi connectivity index (χ4v) is 2.18. The normalized spacial score (nSPS) is 10.9. The van der Waals surface area contributed by atoms with Crippen molar-refractivity contribution in [3.05, 3.63) is 41.5 Å². The molecule has 0 saturated heterocycles. The first kappa shape index (κ1) is 15.5. The van der Waals surface area contributed by atoms with Crippen LogP contribution in [0.1, 0.15) is 24.6 Å². The minimum Gasteiger partial charge on any atom is -0.382 e. The number of hydrogen-bond donors (Lipinski definition) is 1. The highest BCUT2D eigenvalue weighted by atomic mass is 19.1. The number of hydrogen-bond acceptors (Lipinski definition) is 3. The molecule has 21 heavy (non-hydrogen) atoms. The van der Waals surface area contributed by atoms with Gasteiger partial charge in [-0.1, -0.05) is 6.07 Å². The molecule has 1 N–H and O–H groups in total. The predicted octanol–water partition coefficient (Wildman–Crippen LogP) is 3.47. The molecule has 0 aliphatic carbocycles. The van der Waals surface area contributed by atoms with Gasteiger partial charge in [-0.25, -0.2) is 9.37 Å². The van der Waals surface area contributed by atoms with E-state index in [2.05, 4.69) is 10.3 Å². The molecule has 0 aliphatic rings. The highest BCUT2D eigenvalue weighted by Gasteiger charge is 2.11. The molecule has 0 unspecified atom stereocenters. The van der Waals surface area contributed by atoms with Crippen molar-refractivity contribution in [2.45, 2.75) is 27.2 Å². The van der Waals surface area contributed by atoms with Gasteiger partial charge in [0, 0.05) is 31.5 Å². The summed E-state index contributed by atoms with van der Waals surface area (Å²) in [6.07, 6.45) is 2.81. The van der Waals surface area contributed by atoms with E-state index in [1.54, 1.807) is 13.0 Å². The molecule has 1 aromatic heterocycles. The smallest absolute Gasteiger partial charge is 0.207 e. The van der Waals surface area contributed by atoms with Gasteiger partial charge in [0.05, 0.1) is 11.4 Å². The average molecular weight is 291 g/mol. The lowest BCUT2D eigenvalue weighted by Gasteiger charge is -2.12. The Labute approximate surface area is 125 Å². The van der Waals surface area contributed by atoms with Crippen molar-refractivity contribution in [2.24, 2.45) is 0 Å². The van der Waals surface area contributed by atoms with Gasteiger partial charge >= 0.3 is 0 Å². The second-order valence-corrected chi connectivity index (χ2v) is 4.94. The Hall–Kier alpha value is -1.88. The summed E-state index contributed by atoms with van der Waals surface area (Å²) < 4.78 is 20.9. The average Bonchev–Trinajstić information content (AvgIpc) is 2.82. The summed E-state index contributed by atoms with van der Waals surface area (Å²) in [5.74, 6) is 0.527. The first-order valence-electron chi connectivity index (χ1n) is 7.26. The van der Waals surface area contributed by atoms with Gasteiger partial charge in [0.25, 0.3) is 0 Å². The van der Waals surface area contributed by atoms with Crippen LogP contribution in [0.15, 0.2) is 24.4 Å². The van der Waals surface area contributed by atoms with E-state index in [9.17, 15) is 4.39 Å². The standard InChI is InChI=1S/C16H22FN3O/c1-4-21-10-6-9-18-16-19-12(2)11-20(16)15-8-5-7-14(17)13(15)3/h5,7-8,11H,4,6,9-10H2,1-3H3,(H,18,19). The van der Waals surface area contributed by atoms with Crippen molar-refractivity contribution in [1.29, 1.82) is 0 Å². The maximum Gasteiger partial charge on any atom is 0.207 e. The molecule has 2 rings (SSSR count). The molecular weight excluding hydrogens is 269 g/mol. The first-order valence-corrected chi connectivity index (χ1v) is 7.26. The summed E-state index contributed by atoms with van der Waals surface area (Å²) >= 11 is 0. The number of halogens is 1. The van der Waals surface area contributed by atoms with Gasteiger partial charge < -0.3 is 10.1 Å². The molecule has 0 radical (unpaired) electrons. The van der Waals surface area contributed by atoms with E-state index in [0.29, 0.717) is 5.56 Å². The second kappa shape index (κ2) is 7.22. The molecule has 114 valence electrons. The van der Waals surface area contributed by atoms with E-state index >= 15 is 0 Å². The Bertz CT molecular complexity index is 595. The van der Waals surface area contributed by atoms with Crippen LogP contribution in [0.5, 0.6) is 0 Å². The lowest BCUT2D eigenvalue weighted by Crippen LogP contribution is -2.10. The monoisotopic (exact) mass is 291 g/mol. The quantitative estimate of drug-likeness (QED) is 0.794. The van der Waals surface area contributed by atoms with Crippen LogP contribution in [-0.2, 0) is 4.74 Å². The molecule has 0 fully saturated rings. The highest BCUT2D eigenvalue weighted by molar-refractivity contribution is 5.48. The maximum absolute atomic E-state index is 13.7. The Morgan fingerprint density at radius 3 is 2.90 bits per heavy atom. The third-order valence-corrected chi connectivity index (χ3v) is 3.28. The summed E-state index contributed by atoms with van der Waals surface area (Å²) in [6.45, 7) is 7.91. The van der Waals surface area contributed by atoms with E-state index in [1.807, 2.05) is 30.7 Å². The molecule has 0 bridgehead atoms. The number of rotatable bonds is 7. The van der Waals surface area contributed by atoms with Crippen LogP contribution in [0.25, 0.3) is 5.69 Å². The van der Waals surface area contributed by atoms with Gasteiger partial charge in [-0.15, -0.1) is 0 Å². The second-order valence-electron chi connectivity index (χ2n) is 4.94. The van der Waals surface area contributed by atoms with Crippen LogP contribution >= 0.6 is 0 Å². The van der Waals surface area contributed by atoms with Crippen molar-refractivity contribution in [1.82, 2.24) is 9.55 Å². The number of ether oxygens (including phenoxy) is 1. The molecular formula is C16H22FN3O. The van der Waals surface area contributed by atoms with Gasteiger partial charge in [0.15, 0.2) is 0 Å². The Morgan fingerprint density at radius 1 is 1.33 bits per heavy atom. The molecule has 0 aliphatic heterocycles. The molecule has 1 aromatic carbocycles. The van der Waals surface area contributed by atoms with E-state index in [-0.39, 0.29) is 5.82 Å².